The van der Waals surface area contributed by atoms with Crippen molar-refractivity contribution in [1.29, 1.82) is 0 Å². The van der Waals surface area contributed by atoms with E-state index in [2.05, 4.69) is 31.2 Å². The SMILES string of the molecule is CC.CCCN.COCC/C=C\c1ccccc1. The van der Waals surface area contributed by atoms with Gasteiger partial charge in [0, 0.05) is 13.7 Å². The molecule has 2 heteroatoms. The van der Waals surface area contributed by atoms with Crippen molar-refractivity contribution in [3.05, 3.63) is 42.0 Å². The second-order valence-corrected chi connectivity index (χ2v) is 3.38. The molecule has 0 saturated carbocycles. The largest absolute Gasteiger partial charge is 0.384 e. The van der Waals surface area contributed by atoms with Gasteiger partial charge in [0.25, 0.3) is 0 Å². The lowest BCUT2D eigenvalue weighted by atomic mass is 10.2. The van der Waals surface area contributed by atoms with Crippen molar-refractivity contribution in [2.75, 3.05) is 20.3 Å². The van der Waals surface area contributed by atoms with E-state index < -0.39 is 0 Å². The maximum atomic E-state index is 5.03. The van der Waals surface area contributed by atoms with E-state index in [1.54, 1.807) is 7.11 Å². The fraction of sp³-hybridized carbons (Fsp3) is 0.500. The molecule has 0 heterocycles. The first-order chi connectivity index (χ1) is 8.85. The quantitative estimate of drug-likeness (QED) is 0.799. The Bertz CT molecular complexity index is 255. The number of benzene rings is 1. The van der Waals surface area contributed by atoms with Gasteiger partial charge in [0.1, 0.15) is 0 Å². The summed E-state index contributed by atoms with van der Waals surface area (Å²) in [6, 6.07) is 10.3. The van der Waals surface area contributed by atoms with Gasteiger partial charge in [0.15, 0.2) is 0 Å². The van der Waals surface area contributed by atoms with E-state index in [4.69, 9.17) is 10.5 Å². The van der Waals surface area contributed by atoms with Gasteiger partial charge in [-0.15, -0.1) is 0 Å². The van der Waals surface area contributed by atoms with Crippen LogP contribution in [0.4, 0.5) is 0 Å². The maximum Gasteiger partial charge on any atom is 0.0496 e. The molecule has 0 aliphatic rings. The molecule has 2 N–H and O–H groups in total. The van der Waals surface area contributed by atoms with Crippen LogP contribution in [-0.4, -0.2) is 20.3 Å². The molecule has 1 rings (SSSR count). The molecule has 1 aromatic rings. The predicted molar refractivity (Wildman–Crippen MR) is 82.7 cm³/mol. The van der Waals surface area contributed by atoms with E-state index >= 15 is 0 Å². The first kappa shape index (κ1) is 19.2. The summed E-state index contributed by atoms with van der Waals surface area (Å²) >= 11 is 0. The number of hydrogen-bond donors (Lipinski definition) is 1. The Morgan fingerprint density at radius 3 is 2.17 bits per heavy atom. The molecule has 0 aromatic heterocycles. The van der Waals surface area contributed by atoms with Crippen molar-refractivity contribution < 1.29 is 4.74 Å². The summed E-state index contributed by atoms with van der Waals surface area (Å²) in [5.74, 6) is 0. The summed E-state index contributed by atoms with van der Waals surface area (Å²) in [6.07, 6.45) is 6.31. The van der Waals surface area contributed by atoms with E-state index in [0.29, 0.717) is 0 Å². The van der Waals surface area contributed by atoms with Crippen molar-refractivity contribution in [3.63, 3.8) is 0 Å². The predicted octanol–water partition coefficient (Wildman–Crippen LogP) is 4.12. The third kappa shape index (κ3) is 14.9. The van der Waals surface area contributed by atoms with Crippen molar-refractivity contribution in [3.8, 4) is 0 Å². The first-order valence-electron chi connectivity index (χ1n) is 6.75. The van der Waals surface area contributed by atoms with Crippen molar-refractivity contribution >= 4 is 6.08 Å². The summed E-state index contributed by atoms with van der Waals surface area (Å²) in [5, 5.41) is 0. The monoisotopic (exact) mass is 251 g/mol. The molecule has 0 atom stereocenters. The van der Waals surface area contributed by atoms with Crippen molar-refractivity contribution in [2.45, 2.75) is 33.6 Å². The number of ether oxygens (including phenoxy) is 1. The molecule has 1 aromatic carbocycles. The molecule has 0 aliphatic heterocycles. The van der Waals surface area contributed by atoms with Crippen LogP contribution in [0.2, 0.25) is 0 Å². The fourth-order valence-electron chi connectivity index (χ4n) is 0.969. The molecule has 0 unspecified atom stereocenters. The molecule has 0 bridgehead atoms. The molecular formula is C16H29NO. The minimum Gasteiger partial charge on any atom is -0.384 e. The number of nitrogens with two attached hydrogens (primary N) is 1. The van der Waals surface area contributed by atoms with Crippen LogP contribution in [0.1, 0.15) is 39.2 Å². The van der Waals surface area contributed by atoms with E-state index in [1.165, 1.54) is 5.56 Å². The Hall–Kier alpha value is -1.12. The minimum absolute atomic E-state index is 0.795. The molecule has 104 valence electrons. The summed E-state index contributed by atoms with van der Waals surface area (Å²) in [6.45, 7) is 7.67. The van der Waals surface area contributed by atoms with Crippen LogP contribution in [0.25, 0.3) is 6.08 Å². The number of methoxy groups -OCH3 is 1. The summed E-state index contributed by atoms with van der Waals surface area (Å²) < 4.78 is 4.93. The van der Waals surface area contributed by atoms with Crippen LogP contribution < -0.4 is 5.73 Å². The lowest BCUT2D eigenvalue weighted by molar-refractivity contribution is 0.204. The van der Waals surface area contributed by atoms with Crippen LogP contribution >= 0.6 is 0 Å². The Labute approximate surface area is 113 Å². The molecule has 18 heavy (non-hydrogen) atoms. The summed E-state index contributed by atoms with van der Waals surface area (Å²) in [5.41, 5.74) is 6.27. The summed E-state index contributed by atoms with van der Waals surface area (Å²) in [7, 11) is 1.72. The average molecular weight is 251 g/mol. The second kappa shape index (κ2) is 18.3. The molecule has 0 fully saturated rings. The van der Waals surface area contributed by atoms with Crippen LogP contribution in [0.3, 0.4) is 0 Å². The second-order valence-electron chi connectivity index (χ2n) is 3.38. The third-order valence-electron chi connectivity index (χ3n) is 1.89. The van der Waals surface area contributed by atoms with E-state index in [0.717, 1.165) is 26.0 Å². The standard InChI is InChI=1S/C11H14O.C3H9N.C2H6/c1-12-10-6-5-9-11-7-3-2-4-8-11;1-2-3-4;1-2/h2-5,7-9H,6,10H2,1H3;2-4H2,1H3;1-2H3/b9-5-;;. The van der Waals surface area contributed by atoms with Gasteiger partial charge in [-0.25, -0.2) is 0 Å². The van der Waals surface area contributed by atoms with Crippen LogP contribution in [0.15, 0.2) is 36.4 Å². The highest BCUT2D eigenvalue weighted by Crippen LogP contribution is 2.01. The zero-order valence-electron chi connectivity index (χ0n) is 12.4. The average Bonchev–Trinajstić information content (AvgIpc) is 2.47. The smallest absolute Gasteiger partial charge is 0.0496 e. The van der Waals surface area contributed by atoms with E-state index in [-0.39, 0.29) is 0 Å². The van der Waals surface area contributed by atoms with Crippen LogP contribution in [0.5, 0.6) is 0 Å². The highest BCUT2D eigenvalue weighted by molar-refractivity contribution is 5.48. The van der Waals surface area contributed by atoms with Gasteiger partial charge in [-0.3, -0.25) is 0 Å². The molecule has 0 aliphatic carbocycles. The Kier molecular flexibility index (Phi) is 19.5. The van der Waals surface area contributed by atoms with E-state index in [1.807, 2.05) is 32.0 Å². The Morgan fingerprint density at radius 1 is 1.17 bits per heavy atom. The highest BCUT2D eigenvalue weighted by Gasteiger charge is 1.81. The molecule has 0 saturated heterocycles. The van der Waals surface area contributed by atoms with Gasteiger partial charge < -0.3 is 10.5 Å². The summed E-state index contributed by atoms with van der Waals surface area (Å²) in [4.78, 5) is 0. The van der Waals surface area contributed by atoms with Gasteiger partial charge in [0.05, 0.1) is 0 Å². The lowest BCUT2D eigenvalue weighted by Gasteiger charge is -1.92. The van der Waals surface area contributed by atoms with Crippen molar-refractivity contribution in [2.24, 2.45) is 5.73 Å². The Morgan fingerprint density at radius 2 is 1.72 bits per heavy atom. The Balaban J connectivity index is 0. The fourth-order valence-corrected chi connectivity index (χ4v) is 0.969. The van der Waals surface area contributed by atoms with Crippen molar-refractivity contribution in [1.82, 2.24) is 0 Å². The molecular weight excluding hydrogens is 222 g/mol. The number of rotatable bonds is 5. The maximum absolute atomic E-state index is 5.03. The van der Waals surface area contributed by atoms with Gasteiger partial charge in [-0.05, 0) is 24.9 Å². The van der Waals surface area contributed by atoms with Crippen LogP contribution in [0, 0.1) is 0 Å². The van der Waals surface area contributed by atoms with Crippen LogP contribution in [-0.2, 0) is 4.74 Å². The molecule has 0 amide bonds. The third-order valence-corrected chi connectivity index (χ3v) is 1.89. The minimum atomic E-state index is 0.795. The van der Waals surface area contributed by atoms with Gasteiger partial charge in [0.2, 0.25) is 0 Å². The first-order valence-corrected chi connectivity index (χ1v) is 6.75. The zero-order valence-corrected chi connectivity index (χ0v) is 12.4. The van der Waals surface area contributed by atoms with Gasteiger partial charge >= 0.3 is 0 Å². The molecule has 0 radical (unpaired) electrons. The highest BCUT2D eigenvalue weighted by atomic mass is 16.5. The normalized spacial score (nSPS) is 9.17. The topological polar surface area (TPSA) is 35.2 Å². The molecule has 2 nitrogen and oxygen atoms in total. The van der Waals surface area contributed by atoms with E-state index in [9.17, 15) is 0 Å². The van der Waals surface area contributed by atoms with Gasteiger partial charge in [-0.2, -0.15) is 0 Å². The lowest BCUT2D eigenvalue weighted by Crippen LogP contribution is -1.93. The molecule has 0 spiro atoms. The van der Waals surface area contributed by atoms with Gasteiger partial charge in [-0.1, -0.05) is 63.3 Å². The number of hydrogen-bond acceptors (Lipinski definition) is 2. The zero-order chi connectivity index (χ0) is 14.1.